The molecular weight excluding hydrogens is 188 g/mol. The van der Waals surface area contributed by atoms with Gasteiger partial charge in [-0.25, -0.2) is 0 Å². The van der Waals surface area contributed by atoms with Gasteiger partial charge in [0.25, 0.3) is 0 Å². The summed E-state index contributed by atoms with van der Waals surface area (Å²) in [5, 5.41) is 8.58. The summed E-state index contributed by atoms with van der Waals surface area (Å²) in [5.41, 5.74) is 1.000. The minimum absolute atomic E-state index is 0.254. The third kappa shape index (κ3) is 4.53. The van der Waals surface area contributed by atoms with Crippen molar-refractivity contribution in [1.29, 1.82) is 0 Å². The van der Waals surface area contributed by atoms with Crippen LogP contribution in [-0.2, 0) is 0 Å². The van der Waals surface area contributed by atoms with E-state index in [4.69, 9.17) is 9.84 Å². The van der Waals surface area contributed by atoms with E-state index in [9.17, 15) is 0 Å². The standard InChI is InChI=1S/C13H16O2/c1-15-13-9-7-12(8-10-13)6-4-2-3-5-11-14/h7-10,14H,2-3,5,11H2,1H3. The van der Waals surface area contributed by atoms with Crippen molar-refractivity contribution in [1.82, 2.24) is 0 Å². The van der Waals surface area contributed by atoms with Gasteiger partial charge in [-0.3, -0.25) is 0 Å². The topological polar surface area (TPSA) is 29.5 Å². The number of aliphatic hydroxyl groups is 1. The van der Waals surface area contributed by atoms with Gasteiger partial charge in [0.05, 0.1) is 7.11 Å². The second-order valence-corrected chi connectivity index (χ2v) is 3.21. The van der Waals surface area contributed by atoms with Gasteiger partial charge in [0.2, 0.25) is 0 Å². The molecule has 0 fully saturated rings. The van der Waals surface area contributed by atoms with Crippen LogP contribution in [0, 0.1) is 11.8 Å². The van der Waals surface area contributed by atoms with Gasteiger partial charge < -0.3 is 9.84 Å². The zero-order chi connectivity index (χ0) is 10.9. The van der Waals surface area contributed by atoms with E-state index in [-0.39, 0.29) is 6.61 Å². The van der Waals surface area contributed by atoms with E-state index in [0.717, 1.165) is 30.6 Å². The van der Waals surface area contributed by atoms with Gasteiger partial charge in [0.15, 0.2) is 0 Å². The number of unbranched alkanes of at least 4 members (excludes halogenated alkanes) is 2. The molecule has 1 N–H and O–H groups in total. The number of hydrogen-bond donors (Lipinski definition) is 1. The first-order valence-electron chi connectivity index (χ1n) is 5.10. The van der Waals surface area contributed by atoms with Crippen molar-refractivity contribution in [3.8, 4) is 17.6 Å². The first-order chi connectivity index (χ1) is 7.36. The molecule has 0 atom stereocenters. The fourth-order valence-electron chi connectivity index (χ4n) is 1.16. The predicted molar refractivity (Wildman–Crippen MR) is 60.8 cm³/mol. The van der Waals surface area contributed by atoms with Gasteiger partial charge in [0.1, 0.15) is 5.75 Å². The van der Waals surface area contributed by atoms with Gasteiger partial charge in [-0.05, 0) is 37.1 Å². The van der Waals surface area contributed by atoms with Crippen LogP contribution in [0.2, 0.25) is 0 Å². The van der Waals surface area contributed by atoms with Gasteiger partial charge in [-0.2, -0.15) is 0 Å². The van der Waals surface area contributed by atoms with Crippen LogP contribution in [0.5, 0.6) is 5.75 Å². The molecule has 1 rings (SSSR count). The maximum Gasteiger partial charge on any atom is 0.118 e. The zero-order valence-corrected chi connectivity index (χ0v) is 8.99. The molecule has 0 saturated heterocycles. The van der Waals surface area contributed by atoms with Gasteiger partial charge in [-0.15, -0.1) is 0 Å². The van der Waals surface area contributed by atoms with E-state index < -0.39 is 0 Å². The molecule has 80 valence electrons. The molecule has 2 heteroatoms. The third-order valence-corrected chi connectivity index (χ3v) is 2.03. The summed E-state index contributed by atoms with van der Waals surface area (Å²) in [5.74, 6) is 6.99. The van der Waals surface area contributed by atoms with Crippen LogP contribution in [0.25, 0.3) is 0 Å². The summed E-state index contributed by atoms with van der Waals surface area (Å²) in [6, 6.07) is 7.69. The van der Waals surface area contributed by atoms with Crippen molar-refractivity contribution in [2.75, 3.05) is 13.7 Å². The average Bonchev–Trinajstić information content (AvgIpc) is 2.30. The SMILES string of the molecule is COc1ccc(C#CCCCCO)cc1. The largest absolute Gasteiger partial charge is 0.497 e. The zero-order valence-electron chi connectivity index (χ0n) is 8.99. The number of hydrogen-bond acceptors (Lipinski definition) is 2. The van der Waals surface area contributed by atoms with Crippen molar-refractivity contribution in [2.24, 2.45) is 0 Å². The highest BCUT2D eigenvalue weighted by atomic mass is 16.5. The maximum atomic E-state index is 8.58. The van der Waals surface area contributed by atoms with Gasteiger partial charge >= 0.3 is 0 Å². The summed E-state index contributed by atoms with van der Waals surface area (Å²) < 4.78 is 5.05. The molecule has 1 aromatic carbocycles. The van der Waals surface area contributed by atoms with Crippen molar-refractivity contribution in [3.63, 3.8) is 0 Å². The smallest absolute Gasteiger partial charge is 0.118 e. The molecule has 0 aliphatic heterocycles. The van der Waals surface area contributed by atoms with Crippen molar-refractivity contribution >= 4 is 0 Å². The Balaban J connectivity index is 2.42. The molecule has 0 heterocycles. The minimum atomic E-state index is 0.254. The Labute approximate surface area is 90.9 Å². The molecule has 0 aliphatic carbocycles. The second-order valence-electron chi connectivity index (χ2n) is 3.21. The van der Waals surface area contributed by atoms with E-state index in [1.165, 1.54) is 0 Å². The number of aliphatic hydroxyl groups excluding tert-OH is 1. The van der Waals surface area contributed by atoms with Crippen LogP contribution < -0.4 is 4.74 Å². The molecule has 0 saturated carbocycles. The maximum absolute atomic E-state index is 8.58. The Morgan fingerprint density at radius 3 is 2.53 bits per heavy atom. The van der Waals surface area contributed by atoms with Crippen LogP contribution in [0.3, 0.4) is 0 Å². The fourth-order valence-corrected chi connectivity index (χ4v) is 1.16. The molecule has 2 nitrogen and oxygen atoms in total. The van der Waals surface area contributed by atoms with Crippen LogP contribution in [-0.4, -0.2) is 18.8 Å². The van der Waals surface area contributed by atoms with E-state index >= 15 is 0 Å². The summed E-state index contributed by atoms with van der Waals surface area (Å²) in [6.45, 7) is 0.254. The highest BCUT2D eigenvalue weighted by Gasteiger charge is 1.89. The third-order valence-electron chi connectivity index (χ3n) is 2.03. The Kier molecular flexibility index (Phi) is 5.35. The minimum Gasteiger partial charge on any atom is -0.497 e. The van der Waals surface area contributed by atoms with E-state index in [1.807, 2.05) is 24.3 Å². The summed E-state index contributed by atoms with van der Waals surface area (Å²) in [4.78, 5) is 0. The molecular formula is C13H16O2. The molecule has 0 spiro atoms. The highest BCUT2D eigenvalue weighted by Crippen LogP contribution is 2.10. The fraction of sp³-hybridized carbons (Fsp3) is 0.385. The first kappa shape index (κ1) is 11.6. The number of ether oxygens (including phenoxy) is 1. The predicted octanol–water partition coefficient (Wildman–Crippen LogP) is 2.21. The molecule has 0 amide bonds. The normalized spacial score (nSPS) is 9.20. The van der Waals surface area contributed by atoms with E-state index in [2.05, 4.69) is 11.8 Å². The lowest BCUT2D eigenvalue weighted by Gasteiger charge is -1.97. The molecule has 0 bridgehead atoms. The lowest BCUT2D eigenvalue weighted by Crippen LogP contribution is -1.82. The highest BCUT2D eigenvalue weighted by molar-refractivity contribution is 5.38. The lowest BCUT2D eigenvalue weighted by atomic mass is 10.2. The van der Waals surface area contributed by atoms with E-state index in [0.29, 0.717) is 0 Å². The van der Waals surface area contributed by atoms with Gasteiger partial charge in [0, 0.05) is 18.6 Å². The molecule has 0 radical (unpaired) electrons. The average molecular weight is 204 g/mol. The first-order valence-corrected chi connectivity index (χ1v) is 5.10. The Bertz CT molecular complexity index is 330. The van der Waals surface area contributed by atoms with Crippen LogP contribution in [0.1, 0.15) is 24.8 Å². The summed E-state index contributed by atoms with van der Waals surface area (Å²) >= 11 is 0. The van der Waals surface area contributed by atoms with Crippen LogP contribution in [0.15, 0.2) is 24.3 Å². The summed E-state index contributed by atoms with van der Waals surface area (Å²) in [6.07, 6.45) is 2.63. The monoisotopic (exact) mass is 204 g/mol. The Morgan fingerprint density at radius 2 is 1.93 bits per heavy atom. The molecule has 0 aliphatic rings. The molecule has 0 aromatic heterocycles. The van der Waals surface area contributed by atoms with E-state index in [1.54, 1.807) is 7.11 Å². The van der Waals surface area contributed by atoms with Crippen LogP contribution in [0.4, 0.5) is 0 Å². The molecule has 0 unspecified atom stereocenters. The van der Waals surface area contributed by atoms with Crippen LogP contribution >= 0.6 is 0 Å². The number of benzene rings is 1. The van der Waals surface area contributed by atoms with Crippen molar-refractivity contribution in [2.45, 2.75) is 19.3 Å². The molecule has 15 heavy (non-hydrogen) atoms. The quantitative estimate of drug-likeness (QED) is 0.602. The van der Waals surface area contributed by atoms with Gasteiger partial charge in [-0.1, -0.05) is 11.8 Å². The molecule has 1 aromatic rings. The van der Waals surface area contributed by atoms with Crippen molar-refractivity contribution in [3.05, 3.63) is 29.8 Å². The number of methoxy groups -OCH3 is 1. The second kappa shape index (κ2) is 6.92. The lowest BCUT2D eigenvalue weighted by molar-refractivity contribution is 0.285. The Hall–Kier alpha value is -1.46. The van der Waals surface area contributed by atoms with Crippen molar-refractivity contribution < 1.29 is 9.84 Å². The Morgan fingerprint density at radius 1 is 1.20 bits per heavy atom. The summed E-state index contributed by atoms with van der Waals surface area (Å²) in [7, 11) is 1.65. The number of rotatable bonds is 4.